The molecule has 1 aliphatic carbocycles. The summed E-state index contributed by atoms with van der Waals surface area (Å²) in [5, 5.41) is 14.5. The lowest BCUT2D eigenvalue weighted by molar-refractivity contribution is -0.117. The third-order valence-electron chi connectivity index (χ3n) is 4.62. The molecule has 0 bridgehead atoms. The number of hydrogen-bond acceptors (Lipinski definition) is 4. The molecule has 0 heterocycles. The number of ether oxygens (including phenoxy) is 1. The largest absolute Gasteiger partial charge is 0.369 e. The molecular formula is C27H29N3O3. The predicted molar refractivity (Wildman–Crippen MR) is 132 cm³/mol. The molecule has 0 aromatic heterocycles. The number of anilines is 2. The van der Waals surface area contributed by atoms with Crippen LogP contribution in [0.4, 0.5) is 11.4 Å². The number of nitrogens with one attached hydrogen (secondary N) is 2. The summed E-state index contributed by atoms with van der Waals surface area (Å²) in [5.41, 5.74) is 3.14. The van der Waals surface area contributed by atoms with Crippen molar-refractivity contribution in [2.75, 3.05) is 17.2 Å². The Kier molecular flexibility index (Phi) is 10.3. The maximum absolute atomic E-state index is 12.4. The topological polar surface area (TPSA) is 91.2 Å². The van der Waals surface area contributed by atoms with Gasteiger partial charge >= 0.3 is 0 Å². The molecular weight excluding hydrogens is 414 g/mol. The lowest BCUT2D eigenvalue weighted by Crippen LogP contribution is -2.18. The van der Waals surface area contributed by atoms with E-state index in [-0.39, 0.29) is 24.3 Å². The first kappa shape index (κ1) is 25.3. The summed E-state index contributed by atoms with van der Waals surface area (Å²) in [6.07, 6.45) is 9.85. The summed E-state index contributed by atoms with van der Waals surface area (Å²) in [6, 6.07) is 15.3. The van der Waals surface area contributed by atoms with Crippen LogP contribution in [0, 0.1) is 11.3 Å². The van der Waals surface area contributed by atoms with Crippen molar-refractivity contribution >= 4 is 23.2 Å². The fourth-order valence-electron chi connectivity index (χ4n) is 2.95. The van der Waals surface area contributed by atoms with E-state index in [0.29, 0.717) is 29.1 Å². The van der Waals surface area contributed by atoms with E-state index in [9.17, 15) is 9.59 Å². The summed E-state index contributed by atoms with van der Waals surface area (Å²) in [4.78, 5) is 24.6. The molecule has 6 heteroatoms. The van der Waals surface area contributed by atoms with E-state index in [0.717, 1.165) is 5.57 Å². The number of amides is 2. The van der Waals surface area contributed by atoms with Gasteiger partial charge in [0.25, 0.3) is 5.91 Å². The molecule has 0 fully saturated rings. The average molecular weight is 444 g/mol. The number of benzene rings is 2. The maximum atomic E-state index is 12.4. The second-order valence-corrected chi connectivity index (χ2v) is 6.99. The molecule has 0 saturated heterocycles. The third-order valence-corrected chi connectivity index (χ3v) is 4.62. The van der Waals surface area contributed by atoms with Crippen LogP contribution in [-0.4, -0.2) is 24.5 Å². The number of nitrogens with zero attached hydrogens (tertiary/aromatic N) is 1. The van der Waals surface area contributed by atoms with E-state index in [1.807, 2.05) is 57.2 Å². The highest BCUT2D eigenvalue weighted by molar-refractivity contribution is 6.04. The first-order valence-corrected chi connectivity index (χ1v) is 10.9. The monoisotopic (exact) mass is 443 g/mol. The molecule has 1 unspecified atom stereocenters. The van der Waals surface area contributed by atoms with Gasteiger partial charge < -0.3 is 15.4 Å². The summed E-state index contributed by atoms with van der Waals surface area (Å²) in [6.45, 7) is 6.29. The van der Waals surface area contributed by atoms with Crippen LogP contribution in [-0.2, 0) is 9.53 Å². The Balaban J connectivity index is 0.00000187. The molecule has 6 nitrogen and oxygen atoms in total. The number of hydrogen-bond donors (Lipinski definition) is 2. The van der Waals surface area contributed by atoms with Gasteiger partial charge in [0, 0.05) is 16.9 Å². The van der Waals surface area contributed by atoms with Crippen molar-refractivity contribution in [1.29, 1.82) is 5.26 Å². The third kappa shape index (κ3) is 8.24. The van der Waals surface area contributed by atoms with Gasteiger partial charge in [-0.05, 0) is 55.0 Å². The Morgan fingerprint density at radius 2 is 1.76 bits per heavy atom. The highest BCUT2D eigenvalue weighted by atomic mass is 16.5. The van der Waals surface area contributed by atoms with Crippen LogP contribution in [0.2, 0.25) is 0 Å². The van der Waals surface area contributed by atoms with Gasteiger partial charge in [-0.1, -0.05) is 50.3 Å². The molecule has 0 aliphatic heterocycles. The summed E-state index contributed by atoms with van der Waals surface area (Å²) in [7, 11) is 0. The van der Waals surface area contributed by atoms with Crippen molar-refractivity contribution < 1.29 is 14.3 Å². The predicted octanol–water partition coefficient (Wildman–Crippen LogP) is 5.62. The average Bonchev–Trinajstić information content (AvgIpc) is 3.05. The molecule has 0 radical (unpaired) electrons. The first-order valence-electron chi connectivity index (χ1n) is 10.9. The van der Waals surface area contributed by atoms with Crippen molar-refractivity contribution in [3.8, 4) is 6.07 Å². The van der Waals surface area contributed by atoms with E-state index >= 15 is 0 Å². The highest BCUT2D eigenvalue weighted by Gasteiger charge is 2.11. The zero-order valence-electron chi connectivity index (χ0n) is 19.2. The Hall–Kier alpha value is -3.95. The molecule has 0 spiro atoms. The van der Waals surface area contributed by atoms with Gasteiger partial charge in [0.05, 0.1) is 30.8 Å². The van der Waals surface area contributed by atoms with Crippen molar-refractivity contribution in [2.24, 2.45) is 0 Å². The molecule has 33 heavy (non-hydrogen) atoms. The molecule has 170 valence electrons. The lowest BCUT2D eigenvalue weighted by Gasteiger charge is -2.14. The molecule has 2 N–H and O–H groups in total. The van der Waals surface area contributed by atoms with Crippen molar-refractivity contribution in [2.45, 2.75) is 33.3 Å². The van der Waals surface area contributed by atoms with Gasteiger partial charge in [-0.2, -0.15) is 5.26 Å². The van der Waals surface area contributed by atoms with Crippen LogP contribution in [0.3, 0.4) is 0 Å². The molecule has 1 aliphatic rings. The van der Waals surface area contributed by atoms with E-state index in [4.69, 9.17) is 10.00 Å². The standard InChI is InChI=1S/C25H23N3O3.C2H6/c1-18-6-3-2-4-9-23(18)31-15-14-24(29)27-21-12-10-20(11-13-21)25(30)28-22-8-5-7-19(16-22)17-26;1-2/h2-13,16,23H,14-15H2,1H3,(H,27,29)(H,28,30);1-2H3. The Morgan fingerprint density at radius 1 is 1.00 bits per heavy atom. The van der Waals surface area contributed by atoms with Crippen LogP contribution in [0.25, 0.3) is 0 Å². The lowest BCUT2D eigenvalue weighted by atomic mass is 10.1. The zero-order valence-corrected chi connectivity index (χ0v) is 19.2. The van der Waals surface area contributed by atoms with Crippen LogP contribution in [0.1, 0.15) is 43.1 Å². The molecule has 2 aromatic rings. The van der Waals surface area contributed by atoms with Gasteiger partial charge in [0.15, 0.2) is 0 Å². The fourth-order valence-corrected chi connectivity index (χ4v) is 2.95. The van der Waals surface area contributed by atoms with Gasteiger partial charge in [0.1, 0.15) is 0 Å². The van der Waals surface area contributed by atoms with Crippen molar-refractivity contribution in [3.05, 3.63) is 95.6 Å². The minimum atomic E-state index is -0.296. The van der Waals surface area contributed by atoms with E-state index < -0.39 is 0 Å². The van der Waals surface area contributed by atoms with Crippen LogP contribution >= 0.6 is 0 Å². The van der Waals surface area contributed by atoms with E-state index in [1.54, 1.807) is 48.5 Å². The molecule has 3 rings (SSSR count). The van der Waals surface area contributed by atoms with Crippen molar-refractivity contribution in [1.82, 2.24) is 0 Å². The highest BCUT2D eigenvalue weighted by Crippen LogP contribution is 2.15. The Labute approximate surface area is 195 Å². The van der Waals surface area contributed by atoms with Crippen LogP contribution < -0.4 is 10.6 Å². The molecule has 2 amide bonds. The fraction of sp³-hybridized carbons (Fsp3) is 0.222. The Morgan fingerprint density at radius 3 is 2.48 bits per heavy atom. The molecule has 2 aromatic carbocycles. The SMILES string of the molecule is CC.CC1=CC=CC=CC1OCCC(=O)Nc1ccc(C(=O)Nc2cccc(C#N)c2)cc1. The number of rotatable bonds is 7. The number of nitriles is 1. The van der Waals surface area contributed by atoms with Crippen LogP contribution in [0.15, 0.2) is 84.5 Å². The van der Waals surface area contributed by atoms with Gasteiger partial charge in [-0.15, -0.1) is 0 Å². The van der Waals surface area contributed by atoms with E-state index in [1.165, 1.54) is 0 Å². The molecule has 0 saturated carbocycles. The van der Waals surface area contributed by atoms with Gasteiger partial charge in [-0.3, -0.25) is 9.59 Å². The van der Waals surface area contributed by atoms with Crippen LogP contribution in [0.5, 0.6) is 0 Å². The zero-order chi connectivity index (χ0) is 24.1. The van der Waals surface area contributed by atoms with Gasteiger partial charge in [0.2, 0.25) is 5.91 Å². The summed E-state index contributed by atoms with van der Waals surface area (Å²) >= 11 is 0. The summed E-state index contributed by atoms with van der Waals surface area (Å²) < 4.78 is 5.78. The number of carbonyl (C=O) groups excluding carboxylic acids is 2. The first-order chi connectivity index (χ1) is 16.0. The molecule has 1 atom stereocenters. The van der Waals surface area contributed by atoms with E-state index in [2.05, 4.69) is 10.6 Å². The minimum absolute atomic E-state index is 0.130. The summed E-state index contributed by atoms with van der Waals surface area (Å²) in [5.74, 6) is -0.460. The quantitative estimate of drug-likeness (QED) is 0.581. The number of carbonyl (C=O) groups is 2. The minimum Gasteiger partial charge on any atom is -0.369 e. The Bertz CT molecular complexity index is 1080. The maximum Gasteiger partial charge on any atom is 0.255 e. The number of allylic oxidation sites excluding steroid dienone is 4. The smallest absolute Gasteiger partial charge is 0.255 e. The second-order valence-electron chi connectivity index (χ2n) is 6.99. The van der Waals surface area contributed by atoms with Crippen molar-refractivity contribution in [3.63, 3.8) is 0 Å². The normalized spacial score (nSPS) is 14.1. The van der Waals surface area contributed by atoms with Gasteiger partial charge in [-0.25, -0.2) is 0 Å². The second kappa shape index (κ2) is 13.5.